The first-order valence-electron chi connectivity index (χ1n) is 4.24. The number of isocyanates is 1. The van der Waals surface area contributed by atoms with Crippen LogP contribution in [0, 0.1) is 0 Å². The van der Waals surface area contributed by atoms with Crippen molar-refractivity contribution >= 4 is 17.4 Å². The lowest BCUT2D eigenvalue weighted by atomic mass is 9.97. The second kappa shape index (κ2) is 4.35. The average molecular weight is 195 g/mol. The molecule has 1 rings (SSSR count). The average Bonchev–Trinajstić information content (AvgIpc) is 2.52. The Morgan fingerprint density at radius 3 is 2.92 bits per heavy atom. The van der Waals surface area contributed by atoms with Gasteiger partial charge in [0.2, 0.25) is 6.08 Å². The predicted octanol–water partition coefficient (Wildman–Crippen LogP) is 2.80. The Balaban J connectivity index is 2.46. The summed E-state index contributed by atoms with van der Waals surface area (Å²) in [5.74, 6) is 0. The zero-order chi connectivity index (χ0) is 9.73. The van der Waals surface area contributed by atoms with Crippen LogP contribution < -0.4 is 0 Å². The van der Waals surface area contributed by atoms with Gasteiger partial charge in [0.25, 0.3) is 0 Å². The van der Waals surface area contributed by atoms with E-state index >= 15 is 0 Å². The quantitative estimate of drug-likeness (QED) is 0.536. The zero-order valence-electron chi connectivity index (χ0n) is 7.91. The van der Waals surface area contributed by atoms with E-state index in [1.165, 1.54) is 5.56 Å². The maximum atomic E-state index is 10.1. The second-order valence-electron chi connectivity index (χ2n) is 3.65. The van der Waals surface area contributed by atoms with Gasteiger partial charge in [-0.2, -0.15) is 16.3 Å². The molecule has 2 nitrogen and oxygen atoms in total. The Morgan fingerprint density at radius 2 is 2.38 bits per heavy atom. The Hall–Kier alpha value is -0.920. The van der Waals surface area contributed by atoms with Gasteiger partial charge in [-0.25, -0.2) is 4.79 Å². The molecule has 13 heavy (non-hydrogen) atoms. The van der Waals surface area contributed by atoms with Gasteiger partial charge in [0.15, 0.2) is 0 Å². The van der Waals surface area contributed by atoms with Gasteiger partial charge < -0.3 is 0 Å². The lowest BCUT2D eigenvalue weighted by molar-refractivity contribution is 0.470. The van der Waals surface area contributed by atoms with Crippen LogP contribution in [0.25, 0.3) is 0 Å². The highest BCUT2D eigenvalue weighted by Gasteiger charge is 2.15. The Bertz CT molecular complexity index is 297. The largest absolute Gasteiger partial charge is 0.235 e. The molecule has 0 atom stereocenters. The number of nitrogens with zero attached hydrogens (tertiary/aromatic N) is 1. The minimum absolute atomic E-state index is 0.274. The summed E-state index contributed by atoms with van der Waals surface area (Å²) >= 11 is 1.70. The van der Waals surface area contributed by atoms with Crippen molar-refractivity contribution in [3.8, 4) is 0 Å². The monoisotopic (exact) mass is 195 g/mol. The van der Waals surface area contributed by atoms with Gasteiger partial charge in [-0.05, 0) is 49.1 Å². The standard InChI is InChI=1S/C10H13NOS/c1-10(2,11-8-12)5-3-9-4-6-13-7-9/h4,6-7H,3,5H2,1-2H3. The lowest BCUT2D eigenvalue weighted by Gasteiger charge is -2.15. The summed E-state index contributed by atoms with van der Waals surface area (Å²) in [5.41, 5.74) is 1.04. The van der Waals surface area contributed by atoms with Crippen molar-refractivity contribution in [2.45, 2.75) is 32.2 Å². The first-order valence-corrected chi connectivity index (χ1v) is 5.18. The molecule has 70 valence electrons. The molecule has 0 bridgehead atoms. The van der Waals surface area contributed by atoms with E-state index in [1.54, 1.807) is 17.4 Å². The van der Waals surface area contributed by atoms with E-state index in [0.717, 1.165) is 12.8 Å². The van der Waals surface area contributed by atoms with Gasteiger partial charge in [0.1, 0.15) is 0 Å². The molecule has 0 aliphatic heterocycles. The molecular formula is C10H13NOS. The summed E-state index contributed by atoms with van der Waals surface area (Å²) in [6.07, 6.45) is 3.48. The number of aryl methyl sites for hydroxylation is 1. The molecule has 0 saturated carbocycles. The van der Waals surface area contributed by atoms with Crippen LogP contribution in [0.1, 0.15) is 25.8 Å². The fourth-order valence-electron chi connectivity index (χ4n) is 1.06. The SMILES string of the molecule is CC(C)(CCc1ccsc1)N=C=O. The molecule has 0 fully saturated rings. The van der Waals surface area contributed by atoms with Gasteiger partial charge in [-0.3, -0.25) is 0 Å². The van der Waals surface area contributed by atoms with Crippen LogP contribution in [-0.4, -0.2) is 11.6 Å². The summed E-state index contributed by atoms with van der Waals surface area (Å²) in [6.45, 7) is 3.90. The van der Waals surface area contributed by atoms with Gasteiger partial charge in [-0.1, -0.05) is 0 Å². The first-order chi connectivity index (χ1) is 6.14. The highest BCUT2D eigenvalue weighted by atomic mass is 32.1. The van der Waals surface area contributed by atoms with E-state index in [2.05, 4.69) is 21.8 Å². The van der Waals surface area contributed by atoms with E-state index < -0.39 is 0 Å². The minimum atomic E-state index is -0.274. The Labute approximate surface area is 82.3 Å². The number of hydrogen-bond donors (Lipinski definition) is 0. The molecule has 0 saturated heterocycles. The maximum absolute atomic E-state index is 10.1. The van der Waals surface area contributed by atoms with Gasteiger partial charge in [-0.15, -0.1) is 0 Å². The lowest BCUT2D eigenvalue weighted by Crippen LogP contribution is -2.16. The van der Waals surface area contributed by atoms with Gasteiger partial charge in [0.05, 0.1) is 5.54 Å². The van der Waals surface area contributed by atoms with Gasteiger partial charge in [0, 0.05) is 0 Å². The van der Waals surface area contributed by atoms with Crippen LogP contribution in [0.15, 0.2) is 21.8 Å². The predicted molar refractivity (Wildman–Crippen MR) is 54.8 cm³/mol. The summed E-state index contributed by atoms with van der Waals surface area (Å²) in [6, 6.07) is 2.10. The molecule has 0 radical (unpaired) electrons. The summed E-state index contributed by atoms with van der Waals surface area (Å²) in [4.78, 5) is 13.8. The molecule has 3 heteroatoms. The van der Waals surface area contributed by atoms with Crippen molar-refractivity contribution in [1.29, 1.82) is 0 Å². The third-order valence-electron chi connectivity index (χ3n) is 1.95. The van der Waals surface area contributed by atoms with E-state index in [1.807, 2.05) is 13.8 Å². The van der Waals surface area contributed by atoms with Crippen molar-refractivity contribution in [1.82, 2.24) is 0 Å². The number of rotatable bonds is 4. The topological polar surface area (TPSA) is 29.4 Å². The van der Waals surface area contributed by atoms with Crippen LogP contribution in [0.2, 0.25) is 0 Å². The molecule has 1 heterocycles. The van der Waals surface area contributed by atoms with Crippen LogP contribution >= 0.6 is 11.3 Å². The van der Waals surface area contributed by atoms with Crippen molar-refractivity contribution < 1.29 is 4.79 Å². The third kappa shape index (κ3) is 3.53. The minimum Gasteiger partial charge on any atom is -0.211 e. The Morgan fingerprint density at radius 1 is 1.62 bits per heavy atom. The molecule has 0 aliphatic carbocycles. The smallest absolute Gasteiger partial charge is 0.211 e. The summed E-state index contributed by atoms with van der Waals surface area (Å²) in [5, 5.41) is 4.19. The van der Waals surface area contributed by atoms with Gasteiger partial charge >= 0.3 is 0 Å². The van der Waals surface area contributed by atoms with E-state index in [9.17, 15) is 4.79 Å². The molecule has 0 unspecified atom stereocenters. The molecule has 0 aliphatic rings. The molecule has 0 amide bonds. The molecule has 0 aromatic carbocycles. The van der Waals surface area contributed by atoms with Crippen molar-refractivity contribution in [2.24, 2.45) is 4.99 Å². The van der Waals surface area contributed by atoms with Crippen molar-refractivity contribution in [3.63, 3.8) is 0 Å². The van der Waals surface area contributed by atoms with E-state index in [-0.39, 0.29) is 5.54 Å². The fourth-order valence-corrected chi connectivity index (χ4v) is 1.77. The molecule has 0 N–H and O–H groups in total. The number of thiophene rings is 1. The van der Waals surface area contributed by atoms with Crippen LogP contribution in [0.3, 0.4) is 0 Å². The normalized spacial score (nSPS) is 10.9. The van der Waals surface area contributed by atoms with Crippen molar-refractivity contribution in [2.75, 3.05) is 0 Å². The van der Waals surface area contributed by atoms with Crippen LogP contribution in [-0.2, 0) is 11.2 Å². The van der Waals surface area contributed by atoms with E-state index in [4.69, 9.17) is 0 Å². The number of aliphatic imine (C=N–C) groups is 1. The Kier molecular flexibility index (Phi) is 3.40. The van der Waals surface area contributed by atoms with Crippen LogP contribution in [0.4, 0.5) is 0 Å². The number of carbonyl (C=O) groups excluding carboxylic acids is 1. The van der Waals surface area contributed by atoms with Crippen molar-refractivity contribution in [3.05, 3.63) is 22.4 Å². The number of hydrogen-bond acceptors (Lipinski definition) is 3. The fraction of sp³-hybridized carbons (Fsp3) is 0.500. The molecule has 1 aromatic rings. The highest BCUT2D eigenvalue weighted by molar-refractivity contribution is 7.07. The molecular weight excluding hydrogens is 182 g/mol. The zero-order valence-corrected chi connectivity index (χ0v) is 8.73. The van der Waals surface area contributed by atoms with Crippen LogP contribution in [0.5, 0.6) is 0 Å². The second-order valence-corrected chi connectivity index (χ2v) is 4.43. The maximum Gasteiger partial charge on any atom is 0.235 e. The van der Waals surface area contributed by atoms with E-state index in [0.29, 0.717) is 0 Å². The highest BCUT2D eigenvalue weighted by Crippen LogP contribution is 2.18. The summed E-state index contributed by atoms with van der Waals surface area (Å²) < 4.78 is 0. The summed E-state index contributed by atoms with van der Waals surface area (Å²) in [7, 11) is 0. The third-order valence-corrected chi connectivity index (χ3v) is 2.69. The first kappa shape index (κ1) is 10.2. The molecule has 1 aromatic heterocycles. The molecule has 0 spiro atoms.